The molecule has 0 heterocycles. The van der Waals surface area contributed by atoms with E-state index < -0.39 is 12.1 Å². The zero-order valence-corrected chi connectivity index (χ0v) is 9.48. The molecule has 0 atom stereocenters. The fourth-order valence-corrected chi connectivity index (χ4v) is 0.821. The van der Waals surface area contributed by atoms with Crippen LogP contribution in [-0.2, 0) is 4.79 Å². The van der Waals surface area contributed by atoms with E-state index in [2.05, 4.69) is 5.43 Å². The second-order valence-electron chi connectivity index (χ2n) is 2.78. The summed E-state index contributed by atoms with van der Waals surface area (Å²) in [4.78, 5) is 9.30. The highest BCUT2D eigenvalue weighted by Crippen LogP contribution is 2.13. The molecule has 0 amide bonds. The summed E-state index contributed by atoms with van der Waals surface area (Å²) in [6, 6.07) is 5.80. The van der Waals surface area contributed by atoms with Gasteiger partial charge in [0.1, 0.15) is 10.8 Å². The number of hydrogen-bond donors (Lipinski definition) is 3. The van der Waals surface area contributed by atoms with E-state index in [1.807, 2.05) is 0 Å². The van der Waals surface area contributed by atoms with Crippen LogP contribution in [0.1, 0.15) is 5.56 Å². The van der Waals surface area contributed by atoms with E-state index in [-0.39, 0.29) is 5.82 Å². The largest absolute Gasteiger partial charge is 0.490 e. The molecule has 0 aliphatic rings. The second kappa shape index (κ2) is 6.87. The van der Waals surface area contributed by atoms with Crippen LogP contribution in [0.15, 0.2) is 24.3 Å². The Hall–Kier alpha value is -1.74. The Morgan fingerprint density at radius 2 is 1.67 bits per heavy atom. The molecule has 0 saturated heterocycles. The molecule has 1 aromatic carbocycles. The first-order valence-electron chi connectivity index (χ1n) is 4.25. The monoisotopic (exact) mass is 284 g/mol. The van der Waals surface area contributed by atoms with E-state index in [0.29, 0.717) is 10.6 Å². The van der Waals surface area contributed by atoms with Gasteiger partial charge in [0.15, 0.2) is 0 Å². The highest BCUT2D eigenvalue weighted by molar-refractivity contribution is 7.80. The molecule has 9 heteroatoms. The number of alkyl halides is 3. The van der Waals surface area contributed by atoms with Gasteiger partial charge in [-0.25, -0.2) is 15.0 Å². The summed E-state index contributed by atoms with van der Waals surface area (Å²) in [7, 11) is 0. The number of carboxylic acid groups (broad SMARTS) is 1. The van der Waals surface area contributed by atoms with Gasteiger partial charge in [-0.3, -0.25) is 0 Å². The number of thiocarbonyl (C=S) groups is 1. The minimum atomic E-state index is -5.08. The number of carbonyl (C=O) groups is 1. The van der Waals surface area contributed by atoms with Crippen molar-refractivity contribution in [3.63, 3.8) is 0 Å². The fourth-order valence-electron chi connectivity index (χ4n) is 0.685. The van der Waals surface area contributed by atoms with Gasteiger partial charge in [0.25, 0.3) is 0 Å². The highest BCUT2D eigenvalue weighted by atomic mass is 32.1. The molecule has 4 nitrogen and oxygen atoms in total. The lowest BCUT2D eigenvalue weighted by Crippen LogP contribution is -2.28. The van der Waals surface area contributed by atoms with Crippen LogP contribution in [-0.4, -0.2) is 22.2 Å². The standard InChI is InChI=1S/C7H7FN2S.C2HF3O2/c8-6-3-1-5(2-4-6)7(11)10-9;3-2(4,5)1(6)7/h1-4H,9H2,(H,10,11);(H,6,7). The average Bonchev–Trinajstić information content (AvgIpc) is 2.28. The number of carboxylic acids is 1. The summed E-state index contributed by atoms with van der Waals surface area (Å²) in [5.74, 6) is 2.02. The predicted octanol–water partition coefficient (Wildman–Crippen LogP) is 1.60. The van der Waals surface area contributed by atoms with Crippen molar-refractivity contribution in [1.29, 1.82) is 0 Å². The Morgan fingerprint density at radius 3 is 1.94 bits per heavy atom. The van der Waals surface area contributed by atoms with E-state index in [1.54, 1.807) is 12.1 Å². The first kappa shape index (κ1) is 16.3. The molecule has 1 aromatic rings. The molecular formula is C9H8F4N2O2S. The van der Waals surface area contributed by atoms with Crippen LogP contribution in [0.3, 0.4) is 0 Å². The first-order chi connectivity index (χ1) is 8.18. The third kappa shape index (κ3) is 6.11. The molecule has 0 spiro atoms. The van der Waals surface area contributed by atoms with Gasteiger partial charge in [0.2, 0.25) is 0 Å². The first-order valence-corrected chi connectivity index (χ1v) is 4.66. The van der Waals surface area contributed by atoms with Crippen LogP contribution >= 0.6 is 12.2 Å². The summed E-state index contributed by atoms with van der Waals surface area (Å²) in [6.07, 6.45) is -5.08. The normalized spacial score (nSPS) is 10.1. The van der Waals surface area contributed by atoms with Gasteiger partial charge < -0.3 is 10.5 Å². The van der Waals surface area contributed by atoms with Gasteiger partial charge >= 0.3 is 12.1 Å². The van der Waals surface area contributed by atoms with E-state index in [9.17, 15) is 17.6 Å². The fraction of sp³-hybridized carbons (Fsp3) is 0.111. The maximum absolute atomic E-state index is 12.4. The molecule has 4 N–H and O–H groups in total. The van der Waals surface area contributed by atoms with Crippen molar-refractivity contribution in [3.05, 3.63) is 35.6 Å². The van der Waals surface area contributed by atoms with Crippen molar-refractivity contribution in [3.8, 4) is 0 Å². The lowest BCUT2D eigenvalue weighted by Gasteiger charge is -2.00. The Morgan fingerprint density at radius 1 is 1.28 bits per heavy atom. The third-order valence-corrected chi connectivity index (χ3v) is 1.83. The van der Waals surface area contributed by atoms with Crippen LogP contribution in [0, 0.1) is 5.82 Å². The van der Waals surface area contributed by atoms with E-state index >= 15 is 0 Å². The average molecular weight is 284 g/mol. The minimum Gasteiger partial charge on any atom is -0.475 e. The number of nitrogens with one attached hydrogen (secondary N) is 1. The summed E-state index contributed by atoms with van der Waals surface area (Å²) < 4.78 is 44.1. The highest BCUT2D eigenvalue weighted by Gasteiger charge is 2.38. The van der Waals surface area contributed by atoms with Crippen molar-refractivity contribution in [1.82, 2.24) is 5.43 Å². The van der Waals surface area contributed by atoms with Crippen LogP contribution in [0.25, 0.3) is 0 Å². The van der Waals surface area contributed by atoms with Crippen molar-refractivity contribution in [2.24, 2.45) is 5.84 Å². The SMILES string of the molecule is NNC(=S)c1ccc(F)cc1.O=C(O)C(F)(F)F. The number of rotatable bonds is 1. The van der Waals surface area contributed by atoms with E-state index in [4.69, 9.17) is 28.0 Å². The summed E-state index contributed by atoms with van der Waals surface area (Å²) in [5.41, 5.74) is 3.02. The van der Waals surface area contributed by atoms with Gasteiger partial charge in [-0.2, -0.15) is 13.2 Å². The molecule has 0 aliphatic heterocycles. The predicted molar refractivity (Wildman–Crippen MR) is 59.1 cm³/mol. The van der Waals surface area contributed by atoms with Crippen molar-refractivity contribution in [2.75, 3.05) is 0 Å². The Bertz CT molecular complexity index is 420. The van der Waals surface area contributed by atoms with Gasteiger partial charge in [0.05, 0.1) is 0 Å². The van der Waals surface area contributed by atoms with E-state index in [1.165, 1.54) is 12.1 Å². The van der Waals surface area contributed by atoms with Crippen LogP contribution in [0.4, 0.5) is 17.6 Å². The molecule has 0 fully saturated rings. The molecule has 0 aliphatic carbocycles. The van der Waals surface area contributed by atoms with Crippen molar-refractivity contribution >= 4 is 23.2 Å². The number of benzene rings is 1. The zero-order chi connectivity index (χ0) is 14.3. The van der Waals surface area contributed by atoms with E-state index in [0.717, 1.165) is 0 Å². The number of aliphatic carboxylic acids is 1. The summed E-state index contributed by atoms with van der Waals surface area (Å²) in [6.45, 7) is 0. The Kier molecular flexibility index (Phi) is 6.20. The molecule has 18 heavy (non-hydrogen) atoms. The molecule has 0 bridgehead atoms. The number of hydrogen-bond acceptors (Lipinski definition) is 3. The Labute approximate surface area is 104 Å². The lowest BCUT2D eigenvalue weighted by molar-refractivity contribution is -0.192. The van der Waals surface area contributed by atoms with Gasteiger partial charge in [-0.1, -0.05) is 12.2 Å². The maximum atomic E-state index is 12.4. The molecule has 0 saturated carbocycles. The van der Waals surface area contributed by atoms with Gasteiger partial charge in [-0.15, -0.1) is 0 Å². The van der Waals surface area contributed by atoms with Gasteiger partial charge in [0, 0.05) is 5.56 Å². The quantitative estimate of drug-likeness (QED) is 0.316. The summed E-state index contributed by atoms with van der Waals surface area (Å²) in [5, 5.41) is 7.12. The molecule has 0 unspecified atom stereocenters. The number of hydrazine groups is 1. The van der Waals surface area contributed by atoms with Crippen molar-refractivity contribution < 1.29 is 27.5 Å². The zero-order valence-electron chi connectivity index (χ0n) is 8.66. The van der Waals surface area contributed by atoms with Crippen LogP contribution in [0.2, 0.25) is 0 Å². The number of halogens is 4. The Balaban J connectivity index is 0.000000360. The molecule has 1 rings (SSSR count). The molecular weight excluding hydrogens is 276 g/mol. The molecule has 0 aromatic heterocycles. The molecule has 0 radical (unpaired) electrons. The second-order valence-corrected chi connectivity index (χ2v) is 3.19. The van der Waals surface area contributed by atoms with Gasteiger partial charge in [-0.05, 0) is 24.3 Å². The van der Waals surface area contributed by atoms with Crippen LogP contribution < -0.4 is 11.3 Å². The molecule has 100 valence electrons. The summed E-state index contributed by atoms with van der Waals surface area (Å²) >= 11 is 4.81. The maximum Gasteiger partial charge on any atom is 0.490 e. The smallest absolute Gasteiger partial charge is 0.475 e. The minimum absolute atomic E-state index is 0.284. The lowest BCUT2D eigenvalue weighted by atomic mass is 10.2. The topological polar surface area (TPSA) is 75.3 Å². The van der Waals surface area contributed by atoms with Crippen molar-refractivity contribution in [2.45, 2.75) is 6.18 Å². The third-order valence-electron chi connectivity index (χ3n) is 1.48. The van der Waals surface area contributed by atoms with Crippen LogP contribution in [0.5, 0.6) is 0 Å². The number of nitrogens with two attached hydrogens (primary N) is 1.